The summed E-state index contributed by atoms with van der Waals surface area (Å²) >= 11 is 0. The van der Waals surface area contributed by atoms with Gasteiger partial charge in [0.25, 0.3) is 0 Å². The molecule has 0 amide bonds. The minimum Gasteiger partial charge on any atom is -0.370 e. The van der Waals surface area contributed by atoms with Crippen molar-refractivity contribution < 1.29 is 9.26 Å². The van der Waals surface area contributed by atoms with Crippen molar-refractivity contribution in [2.45, 2.75) is 63.5 Å². The van der Waals surface area contributed by atoms with Crippen LogP contribution in [0.1, 0.15) is 57.2 Å². The lowest BCUT2D eigenvalue weighted by molar-refractivity contribution is -0.0527. The van der Waals surface area contributed by atoms with Gasteiger partial charge in [0, 0.05) is 19.6 Å². The Bertz CT molecular complexity index is 382. The minimum absolute atomic E-state index is 0.318. The van der Waals surface area contributed by atoms with Gasteiger partial charge < -0.3 is 14.6 Å². The third-order valence-electron chi connectivity index (χ3n) is 4.25. The van der Waals surface area contributed by atoms with E-state index in [2.05, 4.69) is 22.4 Å². The molecule has 0 aromatic carbocycles. The minimum atomic E-state index is -0.318. The van der Waals surface area contributed by atoms with E-state index in [9.17, 15) is 0 Å². The monoisotopic (exact) mass is 267 g/mol. The second kappa shape index (κ2) is 6.48. The maximum atomic E-state index is 5.74. The third kappa shape index (κ3) is 3.15. The zero-order valence-electron chi connectivity index (χ0n) is 12.2. The SMILES string of the molecule is CCC(Cc1nc(C2(OC)CCCCC2)no1)NC. The first-order valence-corrected chi connectivity index (χ1v) is 7.29. The lowest BCUT2D eigenvalue weighted by Crippen LogP contribution is -2.32. The van der Waals surface area contributed by atoms with Crippen LogP contribution in [-0.2, 0) is 16.8 Å². The van der Waals surface area contributed by atoms with E-state index >= 15 is 0 Å². The predicted octanol–water partition coefficient (Wildman–Crippen LogP) is 2.42. The molecule has 5 heteroatoms. The fourth-order valence-electron chi connectivity index (χ4n) is 2.83. The highest BCUT2D eigenvalue weighted by molar-refractivity contribution is 5.03. The van der Waals surface area contributed by atoms with E-state index < -0.39 is 0 Å². The maximum Gasteiger partial charge on any atom is 0.228 e. The molecule has 1 aliphatic carbocycles. The lowest BCUT2D eigenvalue weighted by atomic mass is 9.84. The molecule has 1 fully saturated rings. The number of methoxy groups -OCH3 is 1. The first-order valence-electron chi connectivity index (χ1n) is 7.29. The first-order chi connectivity index (χ1) is 9.24. The highest BCUT2D eigenvalue weighted by atomic mass is 16.5. The Hall–Kier alpha value is -0.940. The zero-order chi connectivity index (χ0) is 13.7. The number of rotatable bonds is 6. The Kier molecular flexibility index (Phi) is 4.93. The van der Waals surface area contributed by atoms with Crippen LogP contribution in [0.4, 0.5) is 0 Å². The number of hydrogen-bond acceptors (Lipinski definition) is 5. The van der Waals surface area contributed by atoms with Crippen molar-refractivity contribution in [3.63, 3.8) is 0 Å². The summed E-state index contributed by atoms with van der Waals surface area (Å²) in [4.78, 5) is 4.57. The van der Waals surface area contributed by atoms with Gasteiger partial charge in [0.15, 0.2) is 0 Å². The molecule has 1 aromatic heterocycles. The molecule has 1 atom stereocenters. The van der Waals surface area contributed by atoms with Crippen LogP contribution < -0.4 is 5.32 Å². The number of ether oxygens (including phenoxy) is 1. The van der Waals surface area contributed by atoms with Crippen LogP contribution in [0.15, 0.2) is 4.52 Å². The van der Waals surface area contributed by atoms with Crippen LogP contribution in [0.3, 0.4) is 0 Å². The zero-order valence-corrected chi connectivity index (χ0v) is 12.2. The van der Waals surface area contributed by atoms with Gasteiger partial charge >= 0.3 is 0 Å². The van der Waals surface area contributed by atoms with Gasteiger partial charge in [0.2, 0.25) is 11.7 Å². The molecular weight excluding hydrogens is 242 g/mol. The average Bonchev–Trinajstić information content (AvgIpc) is 2.94. The van der Waals surface area contributed by atoms with Crippen LogP contribution in [0.5, 0.6) is 0 Å². The van der Waals surface area contributed by atoms with E-state index in [1.807, 2.05) is 7.05 Å². The Balaban J connectivity index is 2.10. The van der Waals surface area contributed by atoms with Gasteiger partial charge in [-0.15, -0.1) is 0 Å². The van der Waals surface area contributed by atoms with Crippen LogP contribution in [0.25, 0.3) is 0 Å². The summed E-state index contributed by atoms with van der Waals surface area (Å²) in [6.07, 6.45) is 7.42. The molecule has 1 aromatic rings. The average molecular weight is 267 g/mol. The van der Waals surface area contributed by atoms with Crippen molar-refractivity contribution in [1.82, 2.24) is 15.5 Å². The number of likely N-dealkylation sites (N-methyl/N-ethyl adjacent to an activating group) is 1. The van der Waals surface area contributed by atoms with Crippen molar-refractivity contribution >= 4 is 0 Å². The molecule has 1 aliphatic rings. The molecular formula is C14H25N3O2. The summed E-state index contributed by atoms with van der Waals surface area (Å²) in [6.45, 7) is 2.15. The molecule has 0 spiro atoms. The second-order valence-electron chi connectivity index (χ2n) is 5.37. The van der Waals surface area contributed by atoms with Gasteiger partial charge in [-0.1, -0.05) is 31.3 Å². The molecule has 108 valence electrons. The number of aromatic nitrogens is 2. The summed E-state index contributed by atoms with van der Waals surface area (Å²) in [5.41, 5.74) is -0.318. The highest BCUT2D eigenvalue weighted by Gasteiger charge is 2.38. The first kappa shape index (κ1) is 14.5. The molecule has 0 bridgehead atoms. The van der Waals surface area contributed by atoms with E-state index in [1.165, 1.54) is 19.3 Å². The van der Waals surface area contributed by atoms with Gasteiger partial charge in [-0.3, -0.25) is 0 Å². The molecule has 0 aliphatic heterocycles. The number of nitrogens with zero attached hydrogens (tertiary/aromatic N) is 2. The summed E-state index contributed by atoms with van der Waals surface area (Å²) in [5, 5.41) is 7.42. The Morgan fingerprint density at radius 2 is 2.11 bits per heavy atom. The number of nitrogens with one attached hydrogen (secondary N) is 1. The van der Waals surface area contributed by atoms with E-state index in [0.29, 0.717) is 11.9 Å². The Morgan fingerprint density at radius 1 is 1.37 bits per heavy atom. The van der Waals surface area contributed by atoms with Gasteiger partial charge in [0.05, 0.1) is 0 Å². The van der Waals surface area contributed by atoms with E-state index in [-0.39, 0.29) is 5.60 Å². The predicted molar refractivity (Wildman–Crippen MR) is 72.9 cm³/mol. The fraction of sp³-hybridized carbons (Fsp3) is 0.857. The van der Waals surface area contributed by atoms with E-state index in [1.54, 1.807) is 7.11 Å². The van der Waals surface area contributed by atoms with Crippen molar-refractivity contribution in [2.75, 3.05) is 14.2 Å². The van der Waals surface area contributed by atoms with Crippen LogP contribution in [0, 0.1) is 0 Å². The summed E-state index contributed by atoms with van der Waals surface area (Å²) in [7, 11) is 3.72. The van der Waals surface area contributed by atoms with E-state index in [4.69, 9.17) is 9.26 Å². The van der Waals surface area contributed by atoms with Gasteiger partial charge in [-0.25, -0.2) is 0 Å². The lowest BCUT2D eigenvalue weighted by Gasteiger charge is -2.32. The van der Waals surface area contributed by atoms with Crippen LogP contribution in [0.2, 0.25) is 0 Å². The topological polar surface area (TPSA) is 60.2 Å². The van der Waals surface area contributed by atoms with Crippen molar-refractivity contribution in [1.29, 1.82) is 0 Å². The molecule has 2 rings (SSSR count). The molecule has 1 N–H and O–H groups in total. The molecule has 5 nitrogen and oxygen atoms in total. The van der Waals surface area contributed by atoms with Crippen LogP contribution >= 0.6 is 0 Å². The van der Waals surface area contributed by atoms with Crippen LogP contribution in [-0.4, -0.2) is 30.3 Å². The standard InChI is InChI=1S/C14H25N3O2/c1-4-11(15-2)10-12-16-13(17-19-12)14(18-3)8-6-5-7-9-14/h11,15H,4-10H2,1-3H3. The molecule has 0 radical (unpaired) electrons. The molecule has 19 heavy (non-hydrogen) atoms. The van der Waals surface area contributed by atoms with Crippen molar-refractivity contribution in [3.8, 4) is 0 Å². The molecule has 0 saturated heterocycles. The summed E-state index contributed by atoms with van der Waals surface area (Å²) in [6, 6.07) is 0.387. The fourth-order valence-corrected chi connectivity index (χ4v) is 2.83. The molecule has 1 heterocycles. The summed E-state index contributed by atoms with van der Waals surface area (Å²) < 4.78 is 11.1. The third-order valence-corrected chi connectivity index (χ3v) is 4.25. The van der Waals surface area contributed by atoms with Gasteiger partial charge in [0.1, 0.15) is 5.60 Å². The normalized spacial score (nSPS) is 20.4. The summed E-state index contributed by atoms with van der Waals surface area (Å²) in [5.74, 6) is 1.44. The second-order valence-corrected chi connectivity index (χ2v) is 5.37. The van der Waals surface area contributed by atoms with Crippen molar-refractivity contribution in [3.05, 3.63) is 11.7 Å². The van der Waals surface area contributed by atoms with Gasteiger partial charge in [-0.2, -0.15) is 4.98 Å². The maximum absolute atomic E-state index is 5.74. The van der Waals surface area contributed by atoms with E-state index in [0.717, 1.165) is 31.5 Å². The van der Waals surface area contributed by atoms with Gasteiger partial charge in [-0.05, 0) is 26.3 Å². The highest BCUT2D eigenvalue weighted by Crippen LogP contribution is 2.38. The Labute approximate surface area is 115 Å². The molecule has 1 unspecified atom stereocenters. The largest absolute Gasteiger partial charge is 0.370 e. The number of hydrogen-bond donors (Lipinski definition) is 1. The Morgan fingerprint density at radius 3 is 2.68 bits per heavy atom. The smallest absolute Gasteiger partial charge is 0.228 e. The quantitative estimate of drug-likeness (QED) is 0.857. The van der Waals surface area contributed by atoms with Crippen molar-refractivity contribution in [2.24, 2.45) is 0 Å². The molecule has 1 saturated carbocycles.